The average Bonchev–Trinajstić information content (AvgIpc) is 3.24. The third-order valence-corrected chi connectivity index (χ3v) is 5.66. The van der Waals surface area contributed by atoms with Crippen molar-refractivity contribution in [3.63, 3.8) is 0 Å². The molecule has 0 radical (unpaired) electrons. The van der Waals surface area contributed by atoms with E-state index in [1.165, 1.54) is 22.2 Å². The van der Waals surface area contributed by atoms with E-state index in [0.717, 1.165) is 5.56 Å². The number of allylic oxidation sites excluding steroid dienone is 1. The van der Waals surface area contributed by atoms with Crippen LogP contribution in [0.25, 0.3) is 21.6 Å². The van der Waals surface area contributed by atoms with Gasteiger partial charge in [0.05, 0.1) is 6.54 Å². The summed E-state index contributed by atoms with van der Waals surface area (Å²) in [7, 11) is 0. The maximum atomic E-state index is 12.8. The molecule has 9 heteroatoms. The molecule has 0 saturated heterocycles. The van der Waals surface area contributed by atoms with E-state index < -0.39 is 0 Å². The Morgan fingerprint density at radius 1 is 1.33 bits per heavy atom. The number of nitrogens with zero attached hydrogens (tertiary/aromatic N) is 4. The lowest BCUT2D eigenvalue weighted by Gasteiger charge is -2.03. The van der Waals surface area contributed by atoms with Crippen LogP contribution >= 0.6 is 35.2 Å². The Morgan fingerprint density at radius 2 is 2.11 bits per heavy atom. The molecule has 0 N–H and O–H groups in total. The molecule has 0 aliphatic heterocycles. The monoisotopic (exact) mass is 416 g/mol. The zero-order chi connectivity index (χ0) is 19.0. The Kier molecular flexibility index (Phi) is 4.77. The molecule has 0 amide bonds. The van der Waals surface area contributed by atoms with Gasteiger partial charge in [0, 0.05) is 23.2 Å². The molecule has 1 aromatic carbocycles. The Balaban J connectivity index is 1.67. The molecule has 0 atom stereocenters. The van der Waals surface area contributed by atoms with Gasteiger partial charge in [-0.05, 0) is 24.4 Å². The molecule has 0 unspecified atom stereocenters. The summed E-state index contributed by atoms with van der Waals surface area (Å²) in [5, 5.41) is 4.72. The fraction of sp³-hybridized carbons (Fsp3) is 0.111. The van der Waals surface area contributed by atoms with E-state index in [4.69, 9.17) is 28.3 Å². The summed E-state index contributed by atoms with van der Waals surface area (Å²) in [5.41, 5.74) is 1.97. The molecule has 0 aliphatic rings. The van der Waals surface area contributed by atoms with Gasteiger partial charge >= 0.3 is 0 Å². The van der Waals surface area contributed by atoms with Crippen LogP contribution in [0.4, 0.5) is 0 Å². The van der Waals surface area contributed by atoms with E-state index >= 15 is 0 Å². The highest BCUT2D eigenvalue weighted by Gasteiger charge is 2.13. The number of hydrogen-bond acceptors (Lipinski definition) is 6. The van der Waals surface area contributed by atoms with Crippen LogP contribution in [0.15, 0.2) is 58.6 Å². The van der Waals surface area contributed by atoms with Crippen LogP contribution in [0, 0.1) is 3.95 Å². The van der Waals surface area contributed by atoms with Gasteiger partial charge in [0.15, 0.2) is 15.4 Å². The zero-order valence-electron chi connectivity index (χ0n) is 14.0. The molecule has 6 nitrogen and oxygen atoms in total. The Morgan fingerprint density at radius 3 is 2.85 bits per heavy atom. The van der Waals surface area contributed by atoms with Gasteiger partial charge in [-0.2, -0.15) is 0 Å². The molecular formula is C18H13ClN4O2S2. The molecule has 4 aromatic rings. The predicted molar refractivity (Wildman–Crippen MR) is 109 cm³/mol. The van der Waals surface area contributed by atoms with Crippen molar-refractivity contribution >= 4 is 45.5 Å². The Hall–Kier alpha value is -2.55. The lowest BCUT2D eigenvalue weighted by Crippen LogP contribution is -2.20. The van der Waals surface area contributed by atoms with Crippen LogP contribution in [0.3, 0.4) is 0 Å². The fourth-order valence-corrected chi connectivity index (χ4v) is 4.13. The number of halogens is 1. The minimum atomic E-state index is -0.164. The van der Waals surface area contributed by atoms with Crippen LogP contribution in [0.5, 0.6) is 0 Å². The van der Waals surface area contributed by atoms with Gasteiger partial charge < -0.3 is 9.09 Å². The molecule has 0 fully saturated rings. The summed E-state index contributed by atoms with van der Waals surface area (Å²) >= 11 is 12.5. The van der Waals surface area contributed by atoms with Gasteiger partial charge in [-0.25, -0.2) is 4.98 Å². The van der Waals surface area contributed by atoms with Crippen LogP contribution in [-0.4, -0.2) is 19.3 Å². The maximum absolute atomic E-state index is 12.8. The number of aromatic nitrogens is 4. The largest absolute Gasteiger partial charge is 0.359 e. The van der Waals surface area contributed by atoms with Gasteiger partial charge in [0.25, 0.3) is 5.56 Å². The second kappa shape index (κ2) is 7.22. The fourth-order valence-electron chi connectivity index (χ4n) is 2.69. The zero-order valence-corrected chi connectivity index (χ0v) is 16.4. The topological polar surface area (TPSA) is 65.8 Å². The van der Waals surface area contributed by atoms with Gasteiger partial charge in [0.1, 0.15) is 16.7 Å². The first-order valence-electron chi connectivity index (χ1n) is 7.98. The summed E-state index contributed by atoms with van der Waals surface area (Å²) < 4.78 is 9.77. The van der Waals surface area contributed by atoms with E-state index in [0.29, 0.717) is 37.3 Å². The lowest BCUT2D eigenvalue weighted by molar-refractivity contribution is 0.376. The van der Waals surface area contributed by atoms with Crippen LogP contribution < -0.4 is 5.56 Å². The highest BCUT2D eigenvalue weighted by molar-refractivity contribution is 7.73. The Labute approximate surface area is 168 Å². The van der Waals surface area contributed by atoms with E-state index in [1.54, 1.807) is 28.8 Å². The standard InChI is InChI=1S/C18H13ClN4O2S2/c1-2-7-23-16-15(27-18(23)26)17(24)22(10-20-16)9-13-8-14(21-25-13)11-3-5-12(19)6-4-11/h2-6,8,10H,1,7,9H2. The molecule has 3 aromatic heterocycles. The first-order valence-corrected chi connectivity index (χ1v) is 9.58. The summed E-state index contributed by atoms with van der Waals surface area (Å²) in [5.74, 6) is 0.553. The van der Waals surface area contributed by atoms with Crippen molar-refractivity contribution in [2.45, 2.75) is 13.1 Å². The highest BCUT2D eigenvalue weighted by atomic mass is 35.5. The summed E-state index contributed by atoms with van der Waals surface area (Å²) in [4.78, 5) is 17.2. The molecule has 136 valence electrons. The van der Waals surface area contributed by atoms with Crippen molar-refractivity contribution in [2.24, 2.45) is 0 Å². The first kappa shape index (κ1) is 17.8. The average molecular weight is 417 g/mol. The van der Waals surface area contributed by atoms with Crippen LogP contribution in [-0.2, 0) is 13.1 Å². The predicted octanol–water partition coefficient (Wildman–Crippen LogP) is 4.53. The van der Waals surface area contributed by atoms with Gasteiger partial charge in [-0.1, -0.05) is 46.3 Å². The minimum Gasteiger partial charge on any atom is -0.359 e. The van der Waals surface area contributed by atoms with Gasteiger partial charge in [0.2, 0.25) is 0 Å². The molecule has 0 saturated carbocycles. The number of benzene rings is 1. The molecule has 4 rings (SSSR count). The van der Waals surface area contributed by atoms with Crippen molar-refractivity contribution in [2.75, 3.05) is 0 Å². The SMILES string of the molecule is C=CCn1c(=S)sc2c(=O)n(Cc3cc(-c4ccc(Cl)cc4)no3)cnc21. The van der Waals surface area contributed by atoms with Crippen LogP contribution in [0.1, 0.15) is 5.76 Å². The third-order valence-electron chi connectivity index (χ3n) is 3.98. The minimum absolute atomic E-state index is 0.164. The molecular weight excluding hydrogens is 404 g/mol. The van der Waals surface area contributed by atoms with Gasteiger partial charge in [-0.15, -0.1) is 6.58 Å². The van der Waals surface area contributed by atoms with Crippen LogP contribution in [0.2, 0.25) is 5.02 Å². The molecule has 3 heterocycles. The van der Waals surface area contributed by atoms with E-state index in [1.807, 2.05) is 12.1 Å². The number of fused-ring (bicyclic) bond motifs is 1. The molecule has 27 heavy (non-hydrogen) atoms. The van der Waals surface area contributed by atoms with E-state index in [9.17, 15) is 4.79 Å². The van der Waals surface area contributed by atoms with Crippen molar-refractivity contribution in [3.8, 4) is 11.3 Å². The van der Waals surface area contributed by atoms with Crippen molar-refractivity contribution in [1.82, 2.24) is 19.3 Å². The maximum Gasteiger partial charge on any atom is 0.273 e. The normalized spacial score (nSPS) is 11.1. The smallest absolute Gasteiger partial charge is 0.273 e. The van der Waals surface area contributed by atoms with Gasteiger partial charge in [-0.3, -0.25) is 9.36 Å². The molecule has 0 bridgehead atoms. The van der Waals surface area contributed by atoms with E-state index in [-0.39, 0.29) is 12.1 Å². The lowest BCUT2D eigenvalue weighted by atomic mass is 10.1. The van der Waals surface area contributed by atoms with E-state index in [2.05, 4.69) is 16.7 Å². The van der Waals surface area contributed by atoms with Crippen molar-refractivity contribution < 1.29 is 4.52 Å². The Bertz CT molecular complexity index is 1250. The molecule has 0 aliphatic carbocycles. The third kappa shape index (κ3) is 3.39. The molecule has 0 spiro atoms. The quantitative estimate of drug-likeness (QED) is 0.353. The summed E-state index contributed by atoms with van der Waals surface area (Å²) in [6, 6.07) is 9.09. The van der Waals surface area contributed by atoms with Crippen molar-refractivity contribution in [3.05, 3.63) is 74.4 Å². The van der Waals surface area contributed by atoms with Crippen molar-refractivity contribution in [1.29, 1.82) is 0 Å². The highest BCUT2D eigenvalue weighted by Crippen LogP contribution is 2.22. The number of thiazole rings is 1. The first-order chi connectivity index (χ1) is 13.1. The summed E-state index contributed by atoms with van der Waals surface area (Å²) in [6.07, 6.45) is 3.22. The summed E-state index contributed by atoms with van der Waals surface area (Å²) in [6.45, 7) is 4.46. The number of rotatable bonds is 5. The number of hydrogen-bond donors (Lipinski definition) is 0. The second-order valence-electron chi connectivity index (χ2n) is 5.78. The second-order valence-corrected chi connectivity index (χ2v) is 7.86.